The zero-order valence-electron chi connectivity index (χ0n) is 15.6. The zero-order chi connectivity index (χ0) is 18.6. The lowest BCUT2D eigenvalue weighted by Crippen LogP contribution is -2.31. The molecule has 1 saturated heterocycles. The minimum Gasteiger partial charge on any atom is -0.361 e. The van der Waals surface area contributed by atoms with Gasteiger partial charge in [-0.3, -0.25) is 0 Å². The molecule has 1 atom stereocenters. The Morgan fingerprint density at radius 3 is 2.81 bits per heavy atom. The third-order valence-corrected chi connectivity index (χ3v) is 6.69. The number of aliphatic imine (C=N–C) groups is 1. The number of hydrogen-bond donors (Lipinski definition) is 2. The number of hydrogen-bond acceptors (Lipinski definition) is 5. The fourth-order valence-corrected chi connectivity index (χ4v) is 5.12. The Bertz CT molecular complexity index is 915. The maximum absolute atomic E-state index is 4.88. The van der Waals surface area contributed by atoms with Crippen LogP contribution in [0.1, 0.15) is 19.4 Å². The Morgan fingerprint density at radius 2 is 2.00 bits per heavy atom. The Labute approximate surface area is 168 Å². The molecule has 1 aliphatic rings. The smallest absolute Gasteiger partial charge is 0.183 e. The number of nitrogens with one attached hydrogen (secondary N) is 2. The number of rotatable bonds is 6. The predicted octanol–water partition coefficient (Wildman–Crippen LogP) is 5.30. The fourth-order valence-electron chi connectivity index (χ4n) is 3.03. The molecule has 0 unspecified atom stereocenters. The molecular formula is C21H24N4S2. The van der Waals surface area contributed by atoms with Crippen molar-refractivity contribution in [3.05, 3.63) is 54.1 Å². The number of fused-ring (bicyclic) bond motifs is 1. The number of anilines is 1. The van der Waals surface area contributed by atoms with E-state index in [-0.39, 0.29) is 0 Å². The predicted molar refractivity (Wildman–Crippen MR) is 120 cm³/mol. The highest BCUT2D eigenvalue weighted by molar-refractivity contribution is 8.14. The number of nitrogens with zero attached hydrogens (tertiary/aromatic N) is 2. The van der Waals surface area contributed by atoms with Gasteiger partial charge in [0.15, 0.2) is 10.3 Å². The lowest BCUT2D eigenvalue weighted by molar-refractivity contribution is 0.503. The fraction of sp³-hybridized carbons (Fsp3) is 0.333. The van der Waals surface area contributed by atoms with Crippen LogP contribution in [0.3, 0.4) is 0 Å². The van der Waals surface area contributed by atoms with Crippen molar-refractivity contribution in [3.8, 4) is 0 Å². The number of thioether (sulfide) groups is 1. The molecule has 0 amide bonds. The molecular weight excluding hydrogens is 372 g/mol. The molecule has 2 N–H and O–H groups in total. The average Bonchev–Trinajstić information content (AvgIpc) is 3.29. The van der Waals surface area contributed by atoms with Crippen molar-refractivity contribution in [2.24, 2.45) is 10.9 Å². The van der Waals surface area contributed by atoms with Crippen LogP contribution in [0.2, 0.25) is 0 Å². The first-order valence-corrected chi connectivity index (χ1v) is 11.1. The van der Waals surface area contributed by atoms with Crippen LogP contribution in [0.25, 0.3) is 10.2 Å². The molecule has 0 saturated carbocycles. The van der Waals surface area contributed by atoms with E-state index in [9.17, 15) is 0 Å². The highest BCUT2D eigenvalue weighted by Gasteiger charge is 2.23. The molecule has 1 aliphatic heterocycles. The highest BCUT2D eigenvalue weighted by atomic mass is 32.2. The van der Waals surface area contributed by atoms with Crippen LogP contribution in [0, 0.1) is 5.92 Å². The summed E-state index contributed by atoms with van der Waals surface area (Å²) in [5.41, 5.74) is 3.37. The van der Waals surface area contributed by atoms with Crippen molar-refractivity contribution in [1.29, 1.82) is 0 Å². The molecule has 6 heteroatoms. The molecule has 0 radical (unpaired) electrons. The minimum atomic E-state index is 0.515. The summed E-state index contributed by atoms with van der Waals surface area (Å²) in [4.78, 5) is 9.52. The van der Waals surface area contributed by atoms with Gasteiger partial charge < -0.3 is 10.6 Å². The number of aromatic nitrogens is 1. The molecule has 140 valence electrons. The summed E-state index contributed by atoms with van der Waals surface area (Å²) in [5.74, 6) is 1.72. The third kappa shape index (κ3) is 4.45. The van der Waals surface area contributed by atoms with Crippen molar-refractivity contribution >= 4 is 49.3 Å². The first-order valence-electron chi connectivity index (χ1n) is 9.34. The topological polar surface area (TPSA) is 49.3 Å². The highest BCUT2D eigenvalue weighted by Crippen LogP contribution is 2.27. The molecule has 27 heavy (non-hydrogen) atoms. The van der Waals surface area contributed by atoms with E-state index >= 15 is 0 Å². The van der Waals surface area contributed by atoms with Crippen molar-refractivity contribution < 1.29 is 0 Å². The summed E-state index contributed by atoms with van der Waals surface area (Å²) in [6, 6.07) is 17.2. The molecule has 0 aliphatic carbocycles. The molecule has 2 aromatic carbocycles. The van der Waals surface area contributed by atoms with Crippen LogP contribution in [0.4, 0.5) is 10.8 Å². The van der Waals surface area contributed by atoms with Gasteiger partial charge in [0.1, 0.15) is 0 Å². The summed E-state index contributed by atoms with van der Waals surface area (Å²) in [7, 11) is 0. The lowest BCUT2D eigenvalue weighted by atomic mass is 10.1. The summed E-state index contributed by atoms with van der Waals surface area (Å²) in [6.45, 7) is 5.35. The summed E-state index contributed by atoms with van der Waals surface area (Å²) in [6.07, 6.45) is 0.918. The number of amidine groups is 1. The van der Waals surface area contributed by atoms with Gasteiger partial charge in [-0.1, -0.05) is 67.3 Å². The minimum absolute atomic E-state index is 0.515. The first-order chi connectivity index (χ1) is 13.2. The van der Waals surface area contributed by atoms with Crippen molar-refractivity contribution in [1.82, 2.24) is 10.3 Å². The molecule has 1 fully saturated rings. The van der Waals surface area contributed by atoms with E-state index in [4.69, 9.17) is 4.99 Å². The zero-order valence-corrected chi connectivity index (χ0v) is 17.2. The van der Waals surface area contributed by atoms with Gasteiger partial charge in [0.25, 0.3) is 0 Å². The second-order valence-electron chi connectivity index (χ2n) is 7.02. The molecule has 4 nitrogen and oxygen atoms in total. The van der Waals surface area contributed by atoms with E-state index < -0.39 is 0 Å². The van der Waals surface area contributed by atoms with Crippen LogP contribution in [-0.4, -0.2) is 28.5 Å². The SMILES string of the molecule is CC(C)[C@H]1CS/C(=N/c2ccccc2CCNc2nc3ccccc3s2)N1. The summed E-state index contributed by atoms with van der Waals surface area (Å²) in [5, 5.41) is 9.04. The van der Waals surface area contributed by atoms with E-state index in [0.29, 0.717) is 12.0 Å². The standard InChI is InChI=1S/C21H24N4S2/c1-14(2)18-13-26-21(25-18)23-16-8-4-3-7-15(16)11-12-22-20-24-17-9-5-6-10-19(17)27-20/h3-10,14,18H,11-13H2,1-2H3,(H,22,24)(H,23,25)/t18-/m1/s1. The van der Waals surface area contributed by atoms with E-state index in [2.05, 4.69) is 71.9 Å². The van der Waals surface area contributed by atoms with Crippen LogP contribution in [0.5, 0.6) is 0 Å². The van der Waals surface area contributed by atoms with E-state index in [0.717, 1.165) is 40.2 Å². The Hall–Kier alpha value is -2.05. The Kier molecular flexibility index (Phi) is 5.64. The average molecular weight is 397 g/mol. The van der Waals surface area contributed by atoms with Gasteiger partial charge in [0.2, 0.25) is 0 Å². The largest absolute Gasteiger partial charge is 0.361 e. The quantitative estimate of drug-likeness (QED) is 0.594. The summed E-state index contributed by atoms with van der Waals surface area (Å²) >= 11 is 3.52. The lowest BCUT2D eigenvalue weighted by Gasteiger charge is -2.13. The van der Waals surface area contributed by atoms with Crippen LogP contribution in [0.15, 0.2) is 53.5 Å². The molecule has 2 heterocycles. The summed E-state index contributed by atoms with van der Waals surface area (Å²) < 4.78 is 1.22. The second kappa shape index (κ2) is 8.31. The van der Waals surface area contributed by atoms with Gasteiger partial charge in [-0.2, -0.15) is 0 Å². The van der Waals surface area contributed by atoms with Gasteiger partial charge in [0.05, 0.1) is 15.9 Å². The molecule has 0 bridgehead atoms. The monoisotopic (exact) mass is 396 g/mol. The molecule has 3 aromatic rings. The Balaban J connectivity index is 1.41. The first kappa shape index (κ1) is 18.3. The Morgan fingerprint density at radius 1 is 1.19 bits per heavy atom. The molecule has 0 spiro atoms. The number of thiazole rings is 1. The van der Waals surface area contributed by atoms with E-state index in [1.165, 1.54) is 10.3 Å². The number of para-hydroxylation sites is 2. The maximum Gasteiger partial charge on any atom is 0.183 e. The van der Waals surface area contributed by atoms with Crippen molar-refractivity contribution in [2.75, 3.05) is 17.6 Å². The van der Waals surface area contributed by atoms with Crippen LogP contribution < -0.4 is 10.6 Å². The van der Waals surface area contributed by atoms with Gasteiger partial charge in [-0.25, -0.2) is 9.98 Å². The van der Waals surface area contributed by atoms with Crippen molar-refractivity contribution in [3.63, 3.8) is 0 Å². The van der Waals surface area contributed by atoms with Gasteiger partial charge in [-0.15, -0.1) is 0 Å². The van der Waals surface area contributed by atoms with Crippen molar-refractivity contribution in [2.45, 2.75) is 26.3 Å². The molecule has 4 rings (SSSR count). The van der Waals surface area contributed by atoms with Gasteiger partial charge in [-0.05, 0) is 36.1 Å². The normalized spacial score (nSPS) is 18.3. The van der Waals surface area contributed by atoms with Crippen LogP contribution >= 0.6 is 23.1 Å². The molecule has 1 aromatic heterocycles. The maximum atomic E-state index is 4.88. The van der Waals surface area contributed by atoms with Crippen LogP contribution in [-0.2, 0) is 6.42 Å². The van der Waals surface area contributed by atoms with Gasteiger partial charge in [0, 0.05) is 18.3 Å². The van der Waals surface area contributed by atoms with Gasteiger partial charge >= 0.3 is 0 Å². The second-order valence-corrected chi connectivity index (χ2v) is 9.05. The van der Waals surface area contributed by atoms with E-state index in [1.807, 2.05) is 17.8 Å². The number of benzene rings is 2. The van der Waals surface area contributed by atoms with E-state index in [1.54, 1.807) is 11.3 Å². The third-order valence-electron chi connectivity index (χ3n) is 4.69.